The van der Waals surface area contributed by atoms with Gasteiger partial charge in [0, 0.05) is 30.2 Å². The number of thioether (sulfide) groups is 1. The fraction of sp³-hybridized carbons (Fsp3) is 0.556. The van der Waals surface area contributed by atoms with E-state index >= 15 is 0 Å². The van der Waals surface area contributed by atoms with Gasteiger partial charge in [-0.2, -0.15) is 11.8 Å². The molecular formula is C18H26N6OS. The van der Waals surface area contributed by atoms with Gasteiger partial charge in [0.2, 0.25) is 0 Å². The molecule has 2 atom stereocenters. The molecule has 2 unspecified atom stereocenters. The monoisotopic (exact) mass is 374 g/mol. The first-order valence-electron chi connectivity index (χ1n) is 8.83. The average Bonchev–Trinajstić information content (AvgIpc) is 3.01. The Labute approximate surface area is 158 Å². The molecule has 2 aromatic rings. The number of carbonyl (C=O) groups is 1. The molecule has 1 saturated heterocycles. The summed E-state index contributed by atoms with van der Waals surface area (Å²) in [5, 5.41) is 6.44. The van der Waals surface area contributed by atoms with E-state index in [2.05, 4.69) is 39.4 Å². The van der Waals surface area contributed by atoms with Gasteiger partial charge >= 0.3 is 0 Å². The van der Waals surface area contributed by atoms with Crippen LogP contribution in [0.15, 0.2) is 25.0 Å². The third kappa shape index (κ3) is 4.55. The SMILES string of the molecule is CC(NC(=O)c1cncnc1NC1CCSC(C)(C)C1)c1cn(C)cn1. The summed E-state index contributed by atoms with van der Waals surface area (Å²) in [7, 11) is 1.90. The van der Waals surface area contributed by atoms with Crippen molar-refractivity contribution in [2.75, 3.05) is 11.1 Å². The molecule has 26 heavy (non-hydrogen) atoms. The van der Waals surface area contributed by atoms with Gasteiger partial charge in [0.25, 0.3) is 5.91 Å². The first-order valence-corrected chi connectivity index (χ1v) is 9.82. The van der Waals surface area contributed by atoms with Crippen molar-refractivity contribution in [3.05, 3.63) is 36.3 Å². The maximum Gasteiger partial charge on any atom is 0.257 e. The van der Waals surface area contributed by atoms with E-state index in [0.29, 0.717) is 17.4 Å². The maximum atomic E-state index is 12.8. The number of hydrogen-bond donors (Lipinski definition) is 2. The molecular weight excluding hydrogens is 348 g/mol. The minimum Gasteiger partial charge on any atom is -0.366 e. The molecule has 0 bridgehead atoms. The van der Waals surface area contributed by atoms with Crippen LogP contribution in [-0.4, -0.2) is 42.0 Å². The molecule has 140 valence electrons. The molecule has 0 aromatic carbocycles. The number of imidazole rings is 1. The Morgan fingerprint density at radius 3 is 2.92 bits per heavy atom. The van der Waals surface area contributed by atoms with E-state index in [0.717, 1.165) is 24.3 Å². The predicted molar refractivity (Wildman–Crippen MR) is 104 cm³/mol. The van der Waals surface area contributed by atoms with Crippen molar-refractivity contribution >= 4 is 23.5 Å². The summed E-state index contributed by atoms with van der Waals surface area (Å²) >= 11 is 1.99. The minimum absolute atomic E-state index is 0.193. The highest BCUT2D eigenvalue weighted by Crippen LogP contribution is 2.36. The molecule has 0 radical (unpaired) electrons. The van der Waals surface area contributed by atoms with Gasteiger partial charge in [-0.15, -0.1) is 0 Å². The van der Waals surface area contributed by atoms with Gasteiger partial charge in [0.1, 0.15) is 17.7 Å². The topological polar surface area (TPSA) is 84.7 Å². The number of hydrogen-bond acceptors (Lipinski definition) is 6. The molecule has 3 heterocycles. The van der Waals surface area contributed by atoms with Crippen LogP contribution in [0.1, 0.15) is 55.7 Å². The number of aryl methyl sites for hydroxylation is 1. The largest absolute Gasteiger partial charge is 0.366 e. The van der Waals surface area contributed by atoms with Crippen LogP contribution in [0, 0.1) is 0 Å². The lowest BCUT2D eigenvalue weighted by atomic mass is 10.00. The van der Waals surface area contributed by atoms with Gasteiger partial charge < -0.3 is 15.2 Å². The zero-order chi connectivity index (χ0) is 18.7. The number of nitrogens with zero attached hydrogens (tertiary/aromatic N) is 4. The Kier molecular flexibility index (Phi) is 5.50. The Hall–Kier alpha value is -2.09. The highest BCUT2D eigenvalue weighted by Gasteiger charge is 2.29. The van der Waals surface area contributed by atoms with Crippen LogP contribution in [0.5, 0.6) is 0 Å². The summed E-state index contributed by atoms with van der Waals surface area (Å²) in [4.78, 5) is 25.4. The summed E-state index contributed by atoms with van der Waals surface area (Å²) < 4.78 is 2.10. The third-order valence-corrected chi connectivity index (χ3v) is 5.90. The van der Waals surface area contributed by atoms with E-state index < -0.39 is 0 Å². The zero-order valence-electron chi connectivity index (χ0n) is 15.7. The fourth-order valence-corrected chi connectivity index (χ4v) is 4.44. The van der Waals surface area contributed by atoms with E-state index in [1.807, 2.05) is 36.5 Å². The summed E-state index contributed by atoms with van der Waals surface area (Å²) in [6, 6.07) is 0.114. The average molecular weight is 375 g/mol. The zero-order valence-corrected chi connectivity index (χ0v) is 16.5. The van der Waals surface area contributed by atoms with E-state index in [-0.39, 0.29) is 16.7 Å². The van der Waals surface area contributed by atoms with Crippen LogP contribution < -0.4 is 10.6 Å². The Bertz CT molecular complexity index is 775. The normalized spacial score (nSPS) is 20.4. The lowest BCUT2D eigenvalue weighted by Crippen LogP contribution is -2.36. The van der Waals surface area contributed by atoms with E-state index in [1.165, 1.54) is 6.33 Å². The van der Waals surface area contributed by atoms with E-state index in [4.69, 9.17) is 0 Å². The van der Waals surface area contributed by atoms with Crippen LogP contribution in [0.4, 0.5) is 5.82 Å². The van der Waals surface area contributed by atoms with E-state index in [9.17, 15) is 4.79 Å². The Morgan fingerprint density at radius 1 is 1.42 bits per heavy atom. The highest BCUT2D eigenvalue weighted by atomic mass is 32.2. The molecule has 1 fully saturated rings. The molecule has 3 rings (SSSR count). The summed E-state index contributed by atoms with van der Waals surface area (Å²) in [5.74, 6) is 1.50. The third-order valence-electron chi connectivity index (χ3n) is 4.51. The number of anilines is 1. The van der Waals surface area contributed by atoms with E-state index in [1.54, 1.807) is 12.5 Å². The molecule has 0 aliphatic carbocycles. The first kappa shape index (κ1) is 18.7. The van der Waals surface area contributed by atoms with Crippen molar-refractivity contribution in [3.63, 3.8) is 0 Å². The van der Waals surface area contributed by atoms with Crippen molar-refractivity contribution < 1.29 is 4.79 Å². The summed E-state index contributed by atoms with van der Waals surface area (Å²) in [5.41, 5.74) is 1.28. The van der Waals surface area contributed by atoms with Gasteiger partial charge in [0.05, 0.1) is 18.1 Å². The minimum atomic E-state index is -0.198. The van der Waals surface area contributed by atoms with Gasteiger partial charge in [-0.3, -0.25) is 4.79 Å². The Balaban J connectivity index is 1.71. The maximum absolute atomic E-state index is 12.8. The van der Waals surface area contributed by atoms with Crippen molar-refractivity contribution in [1.82, 2.24) is 24.8 Å². The predicted octanol–water partition coefficient (Wildman–Crippen LogP) is 2.79. The quantitative estimate of drug-likeness (QED) is 0.837. The van der Waals surface area contributed by atoms with Crippen molar-refractivity contribution in [3.8, 4) is 0 Å². The van der Waals surface area contributed by atoms with Crippen LogP contribution in [-0.2, 0) is 7.05 Å². The van der Waals surface area contributed by atoms with Gasteiger partial charge in [0.15, 0.2) is 0 Å². The van der Waals surface area contributed by atoms with Crippen molar-refractivity contribution in [2.45, 2.75) is 50.4 Å². The van der Waals surface area contributed by atoms with Crippen molar-refractivity contribution in [1.29, 1.82) is 0 Å². The molecule has 0 saturated carbocycles. The molecule has 1 aliphatic rings. The standard InChI is InChI=1S/C18H26N6OS/c1-12(15-9-24(4)11-21-15)22-17(25)14-8-19-10-20-16(14)23-13-5-6-26-18(2,3)7-13/h8-13H,5-7H2,1-4H3,(H,22,25)(H,19,20,23). The van der Waals surface area contributed by atoms with Crippen LogP contribution >= 0.6 is 11.8 Å². The lowest BCUT2D eigenvalue weighted by Gasteiger charge is -2.35. The summed E-state index contributed by atoms with van der Waals surface area (Å²) in [6.07, 6.45) is 8.76. The molecule has 2 aromatic heterocycles. The van der Waals surface area contributed by atoms with Gasteiger partial charge in [-0.1, -0.05) is 13.8 Å². The van der Waals surface area contributed by atoms with Gasteiger partial charge in [-0.25, -0.2) is 15.0 Å². The number of amides is 1. The number of nitrogens with one attached hydrogen (secondary N) is 2. The molecule has 8 heteroatoms. The van der Waals surface area contributed by atoms with Crippen molar-refractivity contribution in [2.24, 2.45) is 7.05 Å². The second-order valence-electron chi connectivity index (χ2n) is 7.39. The smallest absolute Gasteiger partial charge is 0.257 e. The first-order chi connectivity index (χ1) is 12.3. The second-order valence-corrected chi connectivity index (χ2v) is 9.19. The lowest BCUT2D eigenvalue weighted by molar-refractivity contribution is 0.0939. The number of rotatable bonds is 5. The molecule has 2 N–H and O–H groups in total. The molecule has 7 nitrogen and oxygen atoms in total. The van der Waals surface area contributed by atoms with Crippen LogP contribution in [0.25, 0.3) is 0 Å². The van der Waals surface area contributed by atoms with Crippen LogP contribution in [0.3, 0.4) is 0 Å². The Morgan fingerprint density at radius 2 is 2.23 bits per heavy atom. The number of aromatic nitrogens is 4. The summed E-state index contributed by atoms with van der Waals surface area (Å²) in [6.45, 7) is 6.43. The fourth-order valence-electron chi connectivity index (χ4n) is 3.16. The second kappa shape index (κ2) is 7.65. The van der Waals surface area contributed by atoms with Crippen LogP contribution in [0.2, 0.25) is 0 Å². The molecule has 1 aliphatic heterocycles. The van der Waals surface area contributed by atoms with Gasteiger partial charge in [-0.05, 0) is 25.5 Å². The molecule has 1 amide bonds. The highest BCUT2D eigenvalue weighted by molar-refractivity contribution is 8.00. The molecule has 0 spiro atoms. The number of carbonyl (C=O) groups excluding carboxylic acids is 1.